The highest BCUT2D eigenvalue weighted by molar-refractivity contribution is 5.79. The number of aliphatic hydroxyl groups is 1. The topological polar surface area (TPSA) is 83.5 Å². The van der Waals surface area contributed by atoms with Crippen LogP contribution < -0.4 is 14.8 Å². The van der Waals surface area contributed by atoms with Crippen LogP contribution in [-0.2, 0) is 9.53 Å². The molecule has 0 aliphatic carbocycles. The van der Waals surface area contributed by atoms with Gasteiger partial charge in [0.15, 0.2) is 11.5 Å². The van der Waals surface area contributed by atoms with Gasteiger partial charge in [-0.1, -0.05) is 6.07 Å². The number of nitrogens with one attached hydrogen (secondary N) is 1. The Bertz CT molecular complexity index is 809. The number of hydrogen-bond donors (Lipinski definition) is 2. The molecule has 0 bridgehead atoms. The average Bonchev–Trinajstić information content (AvgIpc) is 3.56. The van der Waals surface area contributed by atoms with Crippen molar-refractivity contribution in [2.45, 2.75) is 50.3 Å². The summed E-state index contributed by atoms with van der Waals surface area (Å²) in [5.74, 6) is 1.40. The van der Waals surface area contributed by atoms with Crippen LogP contribution in [0.3, 0.4) is 0 Å². The molecule has 0 unspecified atom stereocenters. The number of carbonyl (C=O) groups excluding carboxylic acids is 1. The van der Waals surface area contributed by atoms with Gasteiger partial charge in [-0.25, -0.2) is 0 Å². The predicted molar refractivity (Wildman–Crippen MR) is 124 cm³/mol. The van der Waals surface area contributed by atoms with Crippen molar-refractivity contribution in [2.24, 2.45) is 5.92 Å². The van der Waals surface area contributed by atoms with E-state index in [1.807, 2.05) is 18.2 Å². The molecule has 8 nitrogen and oxygen atoms in total. The Morgan fingerprint density at radius 1 is 1.03 bits per heavy atom. The average molecular weight is 460 g/mol. The molecule has 3 saturated heterocycles. The molecule has 33 heavy (non-hydrogen) atoms. The summed E-state index contributed by atoms with van der Waals surface area (Å²) in [4.78, 5) is 18.1. The third-order valence-electron chi connectivity index (χ3n) is 7.57. The van der Waals surface area contributed by atoms with Crippen LogP contribution in [0.1, 0.15) is 43.8 Å². The van der Waals surface area contributed by atoms with E-state index >= 15 is 0 Å². The second-order valence-corrected chi connectivity index (χ2v) is 9.79. The highest BCUT2D eigenvalue weighted by Crippen LogP contribution is 2.34. The number of fused-ring (bicyclic) bond motifs is 1. The van der Waals surface area contributed by atoms with E-state index in [1.54, 1.807) is 0 Å². The molecule has 3 atom stereocenters. The summed E-state index contributed by atoms with van der Waals surface area (Å²) in [6.45, 7) is 7.12. The second kappa shape index (κ2) is 10.6. The molecule has 1 amide bonds. The minimum absolute atomic E-state index is 0.0265. The Morgan fingerprint density at radius 3 is 2.58 bits per heavy atom. The molecule has 4 aliphatic heterocycles. The molecule has 4 aliphatic rings. The van der Waals surface area contributed by atoms with E-state index in [9.17, 15) is 9.90 Å². The summed E-state index contributed by atoms with van der Waals surface area (Å²) < 4.78 is 16.8. The molecule has 0 saturated carbocycles. The molecule has 2 N–H and O–H groups in total. The van der Waals surface area contributed by atoms with Gasteiger partial charge in [0.05, 0.1) is 12.0 Å². The Kier molecular flexibility index (Phi) is 7.35. The van der Waals surface area contributed by atoms with Crippen LogP contribution >= 0.6 is 0 Å². The van der Waals surface area contributed by atoms with Gasteiger partial charge in [0.2, 0.25) is 5.91 Å². The van der Waals surface area contributed by atoms with Crippen molar-refractivity contribution >= 4 is 5.91 Å². The quantitative estimate of drug-likeness (QED) is 0.640. The standard InChI is InChI=1S/C25H37N3O5/c29-24(18-3-4-22-23(15-18)33-14-13-32-22)21(17-27-8-1-2-9-27)26-25(30)19-5-10-28(16-19)20-6-11-31-12-7-20/h3-4,15,19-21,24,29H,1-2,5-14,16-17H2,(H,26,30)/t19-,21-,24-/m1/s1. The lowest BCUT2D eigenvalue weighted by Gasteiger charge is -2.32. The van der Waals surface area contributed by atoms with Crippen LogP contribution in [0.15, 0.2) is 18.2 Å². The molecule has 3 fully saturated rings. The van der Waals surface area contributed by atoms with Crippen molar-refractivity contribution in [3.63, 3.8) is 0 Å². The largest absolute Gasteiger partial charge is 0.486 e. The zero-order valence-corrected chi connectivity index (χ0v) is 19.4. The van der Waals surface area contributed by atoms with Gasteiger partial charge < -0.3 is 29.5 Å². The Hall–Kier alpha value is -1.87. The van der Waals surface area contributed by atoms with Gasteiger partial charge in [0, 0.05) is 32.3 Å². The minimum atomic E-state index is -0.807. The van der Waals surface area contributed by atoms with Crippen LogP contribution in [0, 0.1) is 5.92 Å². The fourth-order valence-corrected chi connectivity index (χ4v) is 5.63. The summed E-state index contributed by atoms with van der Waals surface area (Å²) >= 11 is 0. The Morgan fingerprint density at radius 2 is 1.79 bits per heavy atom. The molecular formula is C25H37N3O5. The highest BCUT2D eigenvalue weighted by atomic mass is 16.6. The van der Waals surface area contributed by atoms with Crippen LogP contribution in [0.2, 0.25) is 0 Å². The number of likely N-dealkylation sites (tertiary alicyclic amines) is 2. The molecule has 0 spiro atoms. The molecule has 0 radical (unpaired) electrons. The van der Waals surface area contributed by atoms with Crippen molar-refractivity contribution in [3.8, 4) is 11.5 Å². The lowest BCUT2D eigenvalue weighted by molar-refractivity contribution is -0.126. The van der Waals surface area contributed by atoms with Gasteiger partial charge in [-0.05, 0) is 69.4 Å². The summed E-state index contributed by atoms with van der Waals surface area (Å²) in [7, 11) is 0. The SMILES string of the molecule is O=C(N[C@H](CN1CCCC1)[C@H](O)c1ccc2c(c1)OCCO2)[C@@H]1CCN(C2CCOCC2)C1. The summed E-state index contributed by atoms with van der Waals surface area (Å²) in [6.07, 6.45) is 4.51. The van der Waals surface area contributed by atoms with Crippen molar-refractivity contribution in [1.82, 2.24) is 15.1 Å². The second-order valence-electron chi connectivity index (χ2n) is 9.79. The first kappa shape index (κ1) is 22.9. The fraction of sp³-hybridized carbons (Fsp3) is 0.720. The lowest BCUT2D eigenvalue weighted by Crippen LogP contribution is -2.49. The van der Waals surface area contributed by atoms with E-state index in [2.05, 4.69) is 15.1 Å². The first-order chi connectivity index (χ1) is 16.2. The molecule has 8 heteroatoms. The number of amides is 1. The normalized spacial score (nSPS) is 26.3. The van der Waals surface area contributed by atoms with Crippen LogP contribution in [0.4, 0.5) is 0 Å². The van der Waals surface area contributed by atoms with Crippen LogP contribution in [0.25, 0.3) is 0 Å². The van der Waals surface area contributed by atoms with Gasteiger partial charge in [0.25, 0.3) is 0 Å². The van der Waals surface area contributed by atoms with Gasteiger partial charge in [-0.2, -0.15) is 0 Å². The number of rotatable bonds is 7. The maximum absolute atomic E-state index is 13.3. The molecule has 5 rings (SSSR count). The zero-order valence-electron chi connectivity index (χ0n) is 19.4. The van der Waals surface area contributed by atoms with Crippen molar-refractivity contribution in [3.05, 3.63) is 23.8 Å². The van der Waals surface area contributed by atoms with E-state index in [0.717, 1.165) is 64.2 Å². The maximum atomic E-state index is 13.3. The number of benzene rings is 1. The Labute approximate surface area is 196 Å². The fourth-order valence-electron chi connectivity index (χ4n) is 5.63. The summed E-state index contributed by atoms with van der Waals surface area (Å²) in [6, 6.07) is 5.74. The van der Waals surface area contributed by atoms with Crippen molar-refractivity contribution in [1.29, 1.82) is 0 Å². The number of nitrogens with zero attached hydrogens (tertiary/aromatic N) is 2. The van der Waals surface area contributed by atoms with Crippen molar-refractivity contribution in [2.75, 3.05) is 59.2 Å². The van der Waals surface area contributed by atoms with E-state index in [1.165, 1.54) is 12.8 Å². The van der Waals surface area contributed by atoms with Gasteiger partial charge in [-0.15, -0.1) is 0 Å². The van der Waals surface area contributed by atoms with Gasteiger partial charge in [-0.3, -0.25) is 9.69 Å². The predicted octanol–water partition coefficient (Wildman–Crippen LogP) is 1.57. The van der Waals surface area contributed by atoms with E-state index in [0.29, 0.717) is 37.3 Å². The number of ether oxygens (including phenoxy) is 3. The zero-order chi connectivity index (χ0) is 22.6. The summed E-state index contributed by atoms with van der Waals surface area (Å²) in [5.41, 5.74) is 0.749. The smallest absolute Gasteiger partial charge is 0.224 e. The van der Waals surface area contributed by atoms with Crippen LogP contribution in [0.5, 0.6) is 11.5 Å². The molecular weight excluding hydrogens is 422 g/mol. The molecule has 182 valence electrons. The van der Waals surface area contributed by atoms with Gasteiger partial charge >= 0.3 is 0 Å². The highest BCUT2D eigenvalue weighted by Gasteiger charge is 2.35. The molecule has 0 aromatic heterocycles. The van der Waals surface area contributed by atoms with E-state index in [4.69, 9.17) is 14.2 Å². The van der Waals surface area contributed by atoms with Crippen molar-refractivity contribution < 1.29 is 24.1 Å². The van der Waals surface area contributed by atoms with Gasteiger partial charge in [0.1, 0.15) is 19.3 Å². The lowest BCUT2D eigenvalue weighted by atomic mass is 9.99. The monoisotopic (exact) mass is 459 g/mol. The first-order valence-electron chi connectivity index (χ1n) is 12.6. The van der Waals surface area contributed by atoms with E-state index < -0.39 is 6.10 Å². The third-order valence-corrected chi connectivity index (χ3v) is 7.57. The molecule has 1 aromatic rings. The Balaban J connectivity index is 1.25. The minimum Gasteiger partial charge on any atom is -0.486 e. The van der Waals surface area contributed by atoms with Crippen LogP contribution in [-0.4, -0.2) is 92.0 Å². The molecule has 1 aromatic carbocycles. The number of aliphatic hydroxyl groups excluding tert-OH is 1. The third kappa shape index (κ3) is 5.45. The van der Waals surface area contributed by atoms with E-state index in [-0.39, 0.29) is 17.9 Å². The maximum Gasteiger partial charge on any atom is 0.224 e. The summed E-state index contributed by atoms with van der Waals surface area (Å²) in [5, 5.41) is 14.6. The number of carbonyl (C=O) groups is 1. The number of hydrogen-bond acceptors (Lipinski definition) is 7. The first-order valence-corrected chi connectivity index (χ1v) is 12.6. The molecule has 4 heterocycles.